The molecule has 0 radical (unpaired) electrons. The Hall–Kier alpha value is -2.08. The highest BCUT2D eigenvalue weighted by Gasteiger charge is 2.15. The third-order valence-electron chi connectivity index (χ3n) is 3.72. The second-order valence-electron chi connectivity index (χ2n) is 5.21. The van der Waals surface area contributed by atoms with Crippen molar-refractivity contribution in [1.82, 2.24) is 10.6 Å². The number of aliphatic hydroxyl groups is 1. The zero-order valence-electron chi connectivity index (χ0n) is 13.0. The minimum atomic E-state index is -0.979. The van der Waals surface area contributed by atoms with Gasteiger partial charge in [0.1, 0.15) is 0 Å². The number of aromatic carboxylic acids is 1. The van der Waals surface area contributed by atoms with Crippen LogP contribution in [0, 0.1) is 5.92 Å². The summed E-state index contributed by atoms with van der Waals surface area (Å²) in [5.41, 5.74) is 1.02. The number of carboxylic acids is 1. The van der Waals surface area contributed by atoms with Gasteiger partial charge in [-0.25, -0.2) is 9.59 Å². The molecule has 4 N–H and O–H groups in total. The number of carbonyl (C=O) groups excluding carboxylic acids is 1. The smallest absolute Gasteiger partial charge is 0.335 e. The van der Waals surface area contributed by atoms with Crippen molar-refractivity contribution < 1.29 is 19.8 Å². The fourth-order valence-electron chi connectivity index (χ4n) is 2.21. The molecule has 0 aromatic heterocycles. The lowest BCUT2D eigenvalue weighted by atomic mass is 9.97. The summed E-state index contributed by atoms with van der Waals surface area (Å²) in [5.74, 6) is -0.795. The molecule has 1 rings (SSSR count). The zero-order valence-corrected chi connectivity index (χ0v) is 13.0. The SMILES string of the molecule is CCC(CC)C(O)CNC(=O)NCc1ccc(C(=O)O)cc1. The molecule has 6 heteroatoms. The molecule has 0 saturated carbocycles. The maximum atomic E-state index is 11.7. The van der Waals surface area contributed by atoms with E-state index in [2.05, 4.69) is 10.6 Å². The predicted molar refractivity (Wildman–Crippen MR) is 83.7 cm³/mol. The van der Waals surface area contributed by atoms with Crippen molar-refractivity contribution in [3.05, 3.63) is 35.4 Å². The Kier molecular flexibility index (Phi) is 7.39. The Morgan fingerprint density at radius 2 is 1.68 bits per heavy atom. The van der Waals surface area contributed by atoms with E-state index in [-0.39, 0.29) is 24.1 Å². The minimum absolute atomic E-state index is 0.184. The van der Waals surface area contributed by atoms with Crippen LogP contribution < -0.4 is 10.6 Å². The van der Waals surface area contributed by atoms with Crippen molar-refractivity contribution in [2.45, 2.75) is 39.3 Å². The van der Waals surface area contributed by atoms with E-state index in [1.165, 1.54) is 12.1 Å². The Bertz CT molecular complexity index is 483. The van der Waals surface area contributed by atoms with Crippen molar-refractivity contribution in [3.63, 3.8) is 0 Å². The van der Waals surface area contributed by atoms with Crippen LogP contribution in [0.3, 0.4) is 0 Å². The van der Waals surface area contributed by atoms with E-state index < -0.39 is 12.1 Å². The number of rotatable bonds is 8. The first-order valence-electron chi connectivity index (χ1n) is 7.49. The first-order chi connectivity index (χ1) is 10.5. The lowest BCUT2D eigenvalue weighted by molar-refractivity contribution is 0.0697. The summed E-state index contributed by atoms with van der Waals surface area (Å²) in [5, 5.41) is 24.0. The number of carbonyl (C=O) groups is 2. The van der Waals surface area contributed by atoms with E-state index in [0.717, 1.165) is 18.4 Å². The lowest BCUT2D eigenvalue weighted by Gasteiger charge is -2.20. The first kappa shape index (κ1) is 18.0. The summed E-state index contributed by atoms with van der Waals surface area (Å²) >= 11 is 0. The maximum Gasteiger partial charge on any atom is 0.335 e. The second kappa shape index (κ2) is 9.04. The largest absolute Gasteiger partial charge is 0.478 e. The number of carboxylic acid groups (broad SMARTS) is 1. The highest BCUT2D eigenvalue weighted by Crippen LogP contribution is 2.12. The summed E-state index contributed by atoms with van der Waals surface area (Å²) in [4.78, 5) is 22.4. The van der Waals surface area contributed by atoms with Crippen molar-refractivity contribution in [3.8, 4) is 0 Å². The third-order valence-corrected chi connectivity index (χ3v) is 3.72. The summed E-state index contributed by atoms with van der Waals surface area (Å²) in [6.45, 7) is 4.54. The molecule has 0 fully saturated rings. The zero-order chi connectivity index (χ0) is 16.5. The maximum absolute atomic E-state index is 11.7. The predicted octanol–water partition coefficient (Wildman–Crippen LogP) is 1.98. The van der Waals surface area contributed by atoms with Crippen LogP contribution in [-0.4, -0.2) is 34.9 Å². The normalized spacial score (nSPS) is 12.0. The van der Waals surface area contributed by atoms with Gasteiger partial charge in [-0.05, 0) is 23.6 Å². The van der Waals surface area contributed by atoms with Crippen LogP contribution in [-0.2, 0) is 6.54 Å². The molecule has 6 nitrogen and oxygen atoms in total. The van der Waals surface area contributed by atoms with Crippen LogP contribution in [0.25, 0.3) is 0 Å². The minimum Gasteiger partial charge on any atom is -0.478 e. The van der Waals surface area contributed by atoms with Crippen molar-refractivity contribution in [2.24, 2.45) is 5.92 Å². The van der Waals surface area contributed by atoms with E-state index >= 15 is 0 Å². The highest BCUT2D eigenvalue weighted by molar-refractivity contribution is 5.87. The fraction of sp³-hybridized carbons (Fsp3) is 0.500. The van der Waals surface area contributed by atoms with E-state index in [1.54, 1.807) is 12.1 Å². The molecule has 0 aliphatic rings. The van der Waals surface area contributed by atoms with Crippen LogP contribution in [0.1, 0.15) is 42.6 Å². The topological polar surface area (TPSA) is 98.7 Å². The summed E-state index contributed by atoms with van der Waals surface area (Å²) in [7, 11) is 0. The van der Waals surface area contributed by atoms with Crippen LogP contribution in [0.4, 0.5) is 4.79 Å². The molecule has 1 aromatic carbocycles. The molecule has 1 unspecified atom stereocenters. The van der Waals surface area contributed by atoms with E-state index in [4.69, 9.17) is 5.11 Å². The molecule has 1 aromatic rings. The van der Waals surface area contributed by atoms with Gasteiger partial charge in [-0.1, -0.05) is 38.8 Å². The molecular weight excluding hydrogens is 284 g/mol. The number of nitrogens with one attached hydrogen (secondary N) is 2. The van der Waals surface area contributed by atoms with Gasteiger partial charge < -0.3 is 20.8 Å². The molecule has 0 heterocycles. The molecular formula is C16H24N2O4. The van der Waals surface area contributed by atoms with Gasteiger partial charge in [0.05, 0.1) is 11.7 Å². The molecule has 22 heavy (non-hydrogen) atoms. The average Bonchev–Trinajstić information content (AvgIpc) is 2.52. The van der Waals surface area contributed by atoms with Crippen LogP contribution >= 0.6 is 0 Å². The van der Waals surface area contributed by atoms with Gasteiger partial charge in [0, 0.05) is 13.1 Å². The van der Waals surface area contributed by atoms with E-state index in [9.17, 15) is 14.7 Å². The quantitative estimate of drug-likeness (QED) is 0.590. The van der Waals surface area contributed by atoms with Crippen LogP contribution in [0.15, 0.2) is 24.3 Å². The van der Waals surface area contributed by atoms with Gasteiger partial charge in [0.2, 0.25) is 0 Å². The van der Waals surface area contributed by atoms with Crippen LogP contribution in [0.5, 0.6) is 0 Å². The van der Waals surface area contributed by atoms with Gasteiger partial charge in [0.15, 0.2) is 0 Å². The van der Waals surface area contributed by atoms with Gasteiger partial charge in [-0.3, -0.25) is 0 Å². The summed E-state index contributed by atoms with van der Waals surface area (Å²) in [6.07, 6.45) is 1.20. The van der Waals surface area contributed by atoms with Crippen molar-refractivity contribution >= 4 is 12.0 Å². The van der Waals surface area contributed by atoms with Gasteiger partial charge in [0.25, 0.3) is 0 Å². The number of amides is 2. The molecule has 122 valence electrons. The second-order valence-corrected chi connectivity index (χ2v) is 5.21. The highest BCUT2D eigenvalue weighted by atomic mass is 16.4. The van der Waals surface area contributed by atoms with E-state index in [1.807, 2.05) is 13.8 Å². The van der Waals surface area contributed by atoms with Crippen molar-refractivity contribution in [1.29, 1.82) is 0 Å². The molecule has 0 aliphatic carbocycles. The first-order valence-corrected chi connectivity index (χ1v) is 7.49. The summed E-state index contributed by atoms with van der Waals surface area (Å²) in [6, 6.07) is 5.95. The Balaban J connectivity index is 2.35. The fourth-order valence-corrected chi connectivity index (χ4v) is 2.21. The number of aliphatic hydroxyl groups excluding tert-OH is 1. The average molecular weight is 308 g/mol. The monoisotopic (exact) mass is 308 g/mol. The van der Waals surface area contributed by atoms with Crippen LogP contribution in [0.2, 0.25) is 0 Å². The number of benzene rings is 1. The van der Waals surface area contributed by atoms with Gasteiger partial charge in [-0.15, -0.1) is 0 Å². The molecule has 2 amide bonds. The lowest BCUT2D eigenvalue weighted by Crippen LogP contribution is -2.41. The molecule has 0 bridgehead atoms. The standard InChI is InChI=1S/C16H24N2O4/c1-3-12(4-2)14(19)10-18-16(22)17-9-11-5-7-13(8-6-11)15(20)21/h5-8,12,14,19H,3-4,9-10H2,1-2H3,(H,20,21)(H2,17,18,22). The molecule has 0 spiro atoms. The van der Waals surface area contributed by atoms with Crippen molar-refractivity contribution in [2.75, 3.05) is 6.54 Å². The molecule has 1 atom stereocenters. The van der Waals surface area contributed by atoms with Gasteiger partial charge >= 0.3 is 12.0 Å². The number of urea groups is 1. The summed E-state index contributed by atoms with van der Waals surface area (Å²) < 4.78 is 0. The Morgan fingerprint density at radius 1 is 1.09 bits per heavy atom. The Morgan fingerprint density at radius 3 is 2.18 bits per heavy atom. The van der Waals surface area contributed by atoms with Gasteiger partial charge in [-0.2, -0.15) is 0 Å². The number of hydrogen-bond acceptors (Lipinski definition) is 3. The van der Waals surface area contributed by atoms with E-state index in [0.29, 0.717) is 6.54 Å². The molecule has 0 saturated heterocycles. The molecule has 0 aliphatic heterocycles. The Labute approximate surface area is 130 Å². The number of hydrogen-bond donors (Lipinski definition) is 4. The third kappa shape index (κ3) is 5.73.